The van der Waals surface area contributed by atoms with Crippen LogP contribution in [0.3, 0.4) is 0 Å². The first-order chi connectivity index (χ1) is 8.54. The topological polar surface area (TPSA) is 90.9 Å². The number of aryl methyl sites for hydroxylation is 2. The van der Waals surface area contributed by atoms with Gasteiger partial charge in [-0.05, 0) is 34.6 Å². The largest absolute Gasteiger partial charge is 0.481 e. The van der Waals surface area contributed by atoms with Crippen LogP contribution in [-0.4, -0.2) is 26.4 Å². The predicted octanol–water partition coefficient (Wildman–Crippen LogP) is 1.90. The minimum atomic E-state index is -1.00. The van der Waals surface area contributed by atoms with E-state index in [1.807, 2.05) is 0 Å². The predicted molar refractivity (Wildman–Crippen MR) is 71.8 cm³/mol. The molecule has 0 saturated heterocycles. The molecule has 1 aromatic rings. The minimum Gasteiger partial charge on any atom is -0.481 e. The van der Waals surface area contributed by atoms with Crippen LogP contribution in [0.4, 0.5) is 5.82 Å². The highest BCUT2D eigenvalue weighted by molar-refractivity contribution is 5.76. The Hall–Kier alpha value is -2.03. The lowest BCUT2D eigenvalue weighted by atomic mass is 9.74. The van der Waals surface area contributed by atoms with Crippen LogP contribution in [0.2, 0.25) is 0 Å². The van der Waals surface area contributed by atoms with Crippen LogP contribution < -0.4 is 5.32 Å². The first-order valence-corrected chi connectivity index (χ1v) is 6.00. The van der Waals surface area contributed by atoms with Crippen molar-refractivity contribution in [2.24, 2.45) is 12.5 Å². The monoisotopic (exact) mass is 264 g/mol. The van der Waals surface area contributed by atoms with Crippen LogP contribution in [-0.2, 0) is 11.8 Å². The third-order valence-electron chi connectivity index (χ3n) is 3.86. The zero-order chi connectivity index (χ0) is 15.0. The van der Waals surface area contributed by atoms with Gasteiger partial charge in [-0.1, -0.05) is 0 Å². The maximum atomic E-state index is 11.4. The zero-order valence-corrected chi connectivity index (χ0v) is 12.2. The Morgan fingerprint density at radius 1 is 1.42 bits per heavy atom. The van der Waals surface area contributed by atoms with E-state index in [0.29, 0.717) is 17.1 Å². The van der Waals surface area contributed by atoms with Crippen molar-refractivity contribution < 1.29 is 9.90 Å². The number of carboxylic acids is 1. The number of nitriles is 1. The smallest absolute Gasteiger partial charge is 0.311 e. The van der Waals surface area contributed by atoms with Crippen molar-refractivity contribution in [3.63, 3.8) is 0 Å². The molecule has 2 N–H and O–H groups in total. The quantitative estimate of drug-likeness (QED) is 0.866. The molecule has 1 aromatic heterocycles. The Labute approximate surface area is 113 Å². The van der Waals surface area contributed by atoms with E-state index in [-0.39, 0.29) is 0 Å². The van der Waals surface area contributed by atoms with Crippen molar-refractivity contribution in [3.05, 3.63) is 11.3 Å². The summed E-state index contributed by atoms with van der Waals surface area (Å²) in [6.45, 7) is 8.64. The summed E-state index contributed by atoms with van der Waals surface area (Å²) in [5, 5.41) is 25.8. The van der Waals surface area contributed by atoms with Gasteiger partial charge in [-0.15, -0.1) is 0 Å². The fourth-order valence-corrected chi connectivity index (χ4v) is 1.65. The zero-order valence-electron chi connectivity index (χ0n) is 12.2. The van der Waals surface area contributed by atoms with Crippen molar-refractivity contribution >= 4 is 11.8 Å². The molecule has 0 aromatic carbocycles. The van der Waals surface area contributed by atoms with E-state index in [4.69, 9.17) is 5.26 Å². The fourth-order valence-electron chi connectivity index (χ4n) is 1.65. The van der Waals surface area contributed by atoms with Crippen LogP contribution in [0.15, 0.2) is 0 Å². The summed E-state index contributed by atoms with van der Waals surface area (Å²) in [6, 6.07) is 2.09. The second kappa shape index (κ2) is 4.57. The van der Waals surface area contributed by atoms with Crippen LogP contribution in [0.1, 0.15) is 39.0 Å². The molecule has 0 saturated carbocycles. The second-order valence-corrected chi connectivity index (χ2v) is 5.72. The first kappa shape index (κ1) is 15.0. The van der Waals surface area contributed by atoms with Gasteiger partial charge in [0, 0.05) is 12.6 Å². The van der Waals surface area contributed by atoms with Crippen LogP contribution >= 0.6 is 0 Å². The van der Waals surface area contributed by atoms with Crippen LogP contribution in [0.5, 0.6) is 0 Å². The molecule has 0 amide bonds. The summed E-state index contributed by atoms with van der Waals surface area (Å²) in [5.41, 5.74) is -0.684. The number of carboxylic acid groups (broad SMARTS) is 1. The number of rotatable bonds is 4. The van der Waals surface area contributed by atoms with Crippen LogP contribution in [0, 0.1) is 23.7 Å². The molecule has 1 heterocycles. The van der Waals surface area contributed by atoms with Gasteiger partial charge >= 0.3 is 5.97 Å². The van der Waals surface area contributed by atoms with E-state index >= 15 is 0 Å². The number of anilines is 1. The van der Waals surface area contributed by atoms with Crippen LogP contribution in [0.25, 0.3) is 0 Å². The lowest BCUT2D eigenvalue weighted by Crippen LogP contribution is -2.51. The lowest BCUT2D eigenvalue weighted by Gasteiger charge is -2.39. The van der Waals surface area contributed by atoms with Gasteiger partial charge < -0.3 is 10.4 Å². The van der Waals surface area contributed by atoms with E-state index in [1.54, 1.807) is 46.3 Å². The van der Waals surface area contributed by atoms with Gasteiger partial charge in [0.15, 0.2) is 0 Å². The summed E-state index contributed by atoms with van der Waals surface area (Å²) >= 11 is 0. The first-order valence-electron chi connectivity index (χ1n) is 6.00. The Bertz CT molecular complexity index is 550. The van der Waals surface area contributed by atoms with Gasteiger partial charge in [0.25, 0.3) is 0 Å². The standard InChI is InChI=1S/C13H20N4O2/c1-8-9(7-14)10(17(6)16-8)15-13(4,5)12(2,3)11(18)19/h15H,1-6H3,(H,18,19). The molecule has 0 atom stereocenters. The molecular formula is C13H20N4O2. The van der Waals surface area contributed by atoms with E-state index < -0.39 is 16.9 Å². The van der Waals surface area contributed by atoms with Gasteiger partial charge in [0.05, 0.1) is 11.1 Å². The van der Waals surface area contributed by atoms with Crippen molar-refractivity contribution in [2.75, 3.05) is 5.32 Å². The summed E-state index contributed by atoms with van der Waals surface area (Å²) < 4.78 is 1.56. The Balaban J connectivity index is 3.23. The van der Waals surface area contributed by atoms with E-state index in [2.05, 4.69) is 16.5 Å². The van der Waals surface area contributed by atoms with Gasteiger partial charge in [-0.3, -0.25) is 9.48 Å². The molecule has 0 unspecified atom stereocenters. The molecule has 104 valence electrons. The van der Waals surface area contributed by atoms with E-state index in [0.717, 1.165) is 0 Å². The molecule has 0 aliphatic rings. The van der Waals surface area contributed by atoms with Gasteiger partial charge in [0.2, 0.25) is 0 Å². The maximum Gasteiger partial charge on any atom is 0.311 e. The van der Waals surface area contributed by atoms with Crippen molar-refractivity contribution in [3.8, 4) is 6.07 Å². The fraction of sp³-hybridized carbons (Fsp3) is 0.615. The normalized spacial score (nSPS) is 12.1. The average Bonchev–Trinajstić information content (AvgIpc) is 2.52. The molecule has 1 rings (SSSR count). The van der Waals surface area contributed by atoms with E-state index in [9.17, 15) is 9.90 Å². The number of aliphatic carboxylic acids is 1. The Morgan fingerprint density at radius 3 is 2.37 bits per heavy atom. The molecular weight excluding hydrogens is 244 g/mol. The van der Waals surface area contributed by atoms with Gasteiger partial charge in [0.1, 0.15) is 17.5 Å². The van der Waals surface area contributed by atoms with Gasteiger partial charge in [-0.25, -0.2) is 0 Å². The Morgan fingerprint density at radius 2 is 1.95 bits per heavy atom. The summed E-state index contributed by atoms with van der Waals surface area (Å²) in [7, 11) is 1.72. The average molecular weight is 264 g/mol. The number of nitrogens with zero attached hydrogens (tertiary/aromatic N) is 3. The third kappa shape index (κ3) is 2.41. The van der Waals surface area contributed by atoms with Crippen molar-refractivity contribution in [2.45, 2.75) is 40.2 Å². The highest BCUT2D eigenvalue weighted by Gasteiger charge is 2.44. The molecule has 6 nitrogen and oxygen atoms in total. The highest BCUT2D eigenvalue weighted by atomic mass is 16.4. The minimum absolute atomic E-state index is 0.441. The summed E-state index contributed by atoms with van der Waals surface area (Å²) in [4.78, 5) is 11.4. The molecule has 0 aliphatic heterocycles. The third-order valence-corrected chi connectivity index (χ3v) is 3.86. The number of aromatic nitrogens is 2. The molecule has 0 fully saturated rings. The summed E-state index contributed by atoms with van der Waals surface area (Å²) in [5.74, 6) is -0.360. The van der Waals surface area contributed by atoms with Crippen molar-refractivity contribution in [1.82, 2.24) is 9.78 Å². The van der Waals surface area contributed by atoms with Crippen molar-refractivity contribution in [1.29, 1.82) is 5.26 Å². The highest BCUT2D eigenvalue weighted by Crippen LogP contribution is 2.35. The summed E-state index contributed by atoms with van der Waals surface area (Å²) in [6.07, 6.45) is 0. The molecule has 0 bridgehead atoms. The van der Waals surface area contributed by atoms with Gasteiger partial charge in [-0.2, -0.15) is 10.4 Å². The SMILES string of the molecule is Cc1nn(C)c(NC(C)(C)C(C)(C)C(=O)O)c1C#N. The number of hydrogen-bond donors (Lipinski definition) is 2. The number of hydrogen-bond acceptors (Lipinski definition) is 4. The number of carbonyl (C=O) groups is 1. The molecule has 0 radical (unpaired) electrons. The second-order valence-electron chi connectivity index (χ2n) is 5.72. The van der Waals surface area contributed by atoms with E-state index in [1.165, 1.54) is 0 Å². The molecule has 0 aliphatic carbocycles. The molecule has 6 heteroatoms. The molecule has 19 heavy (non-hydrogen) atoms. The molecule has 0 spiro atoms. The Kier molecular flexibility index (Phi) is 3.62. The lowest BCUT2D eigenvalue weighted by molar-refractivity contribution is -0.149. The maximum absolute atomic E-state index is 11.4. The number of nitrogens with one attached hydrogen (secondary N) is 1.